The molecule has 1 aromatic heterocycles. The number of nitrogens with zero attached hydrogens (tertiary/aromatic N) is 2. The van der Waals surface area contributed by atoms with Crippen molar-refractivity contribution in [1.82, 2.24) is 20.7 Å². The first-order valence-corrected chi connectivity index (χ1v) is 9.66. The second kappa shape index (κ2) is 6.77. The van der Waals surface area contributed by atoms with Gasteiger partial charge in [-0.2, -0.15) is 0 Å². The number of benzene rings is 2. The van der Waals surface area contributed by atoms with Crippen molar-refractivity contribution in [2.75, 3.05) is 0 Å². The van der Waals surface area contributed by atoms with E-state index in [2.05, 4.69) is 53.0 Å². The molecule has 28 heavy (non-hydrogen) atoms. The van der Waals surface area contributed by atoms with Crippen molar-refractivity contribution >= 4 is 22.5 Å². The number of nitrogens with one attached hydrogen (secondary N) is 2. The second-order valence-electron chi connectivity index (χ2n) is 7.54. The number of hydrazine groups is 1. The summed E-state index contributed by atoms with van der Waals surface area (Å²) in [6, 6.07) is 20.7. The van der Waals surface area contributed by atoms with E-state index >= 15 is 0 Å². The minimum absolute atomic E-state index is 0.00700. The van der Waals surface area contributed by atoms with Crippen LogP contribution in [0.3, 0.4) is 0 Å². The van der Waals surface area contributed by atoms with Gasteiger partial charge in [0, 0.05) is 35.3 Å². The van der Waals surface area contributed by atoms with Gasteiger partial charge in [-0.25, -0.2) is 5.43 Å². The number of aromatic nitrogens is 1. The smallest absolute Gasteiger partial charge is 0.264 e. The van der Waals surface area contributed by atoms with Gasteiger partial charge in [-0.3, -0.25) is 14.8 Å². The predicted octanol–water partition coefficient (Wildman–Crippen LogP) is 3.10. The minimum Gasteiger partial charge on any atom is -0.363 e. The molecule has 2 N–H and O–H groups in total. The molecule has 0 spiro atoms. The minimum atomic E-state index is -0.0766. The zero-order valence-corrected chi connectivity index (χ0v) is 15.7. The zero-order chi connectivity index (χ0) is 19.1. The molecule has 3 unspecified atom stereocenters. The number of hydrogen-bond donors (Lipinski definition) is 2. The standard InChI is InChI=1S/C23H22N4O/c1-15-19(12-16-6-3-2-4-7-16)23-25-21(14-22(28)27(23)26-15)18-9-10-20-17(13-18)8-5-11-24-20/h2-11,13-15,19,23,25-26H,12H2,1H3. The molecule has 0 bridgehead atoms. The Morgan fingerprint density at radius 3 is 2.79 bits per heavy atom. The monoisotopic (exact) mass is 370 g/mol. The quantitative estimate of drug-likeness (QED) is 0.744. The molecule has 3 heterocycles. The largest absolute Gasteiger partial charge is 0.363 e. The summed E-state index contributed by atoms with van der Waals surface area (Å²) in [5.74, 6) is 0.268. The van der Waals surface area contributed by atoms with Gasteiger partial charge in [0.2, 0.25) is 0 Å². The number of rotatable bonds is 3. The predicted molar refractivity (Wildman–Crippen MR) is 110 cm³/mol. The molecule has 1 saturated heterocycles. The number of fused-ring (bicyclic) bond motifs is 2. The summed E-state index contributed by atoms with van der Waals surface area (Å²) in [7, 11) is 0. The van der Waals surface area contributed by atoms with Crippen molar-refractivity contribution in [3.8, 4) is 0 Å². The van der Waals surface area contributed by atoms with Crippen molar-refractivity contribution in [3.63, 3.8) is 0 Å². The summed E-state index contributed by atoms with van der Waals surface area (Å²) >= 11 is 0. The number of hydrogen-bond acceptors (Lipinski definition) is 4. The molecule has 1 fully saturated rings. The van der Waals surface area contributed by atoms with E-state index in [4.69, 9.17) is 0 Å². The molecule has 0 aliphatic carbocycles. The van der Waals surface area contributed by atoms with E-state index in [1.54, 1.807) is 17.3 Å². The highest BCUT2D eigenvalue weighted by Gasteiger charge is 2.43. The van der Waals surface area contributed by atoms with E-state index in [1.807, 2.05) is 30.3 Å². The Kier molecular flexibility index (Phi) is 4.10. The Labute approximate surface area is 164 Å². The number of pyridine rings is 1. The van der Waals surface area contributed by atoms with Gasteiger partial charge in [0.05, 0.1) is 5.52 Å². The zero-order valence-electron chi connectivity index (χ0n) is 15.7. The molecule has 0 saturated carbocycles. The van der Waals surface area contributed by atoms with E-state index < -0.39 is 0 Å². The molecule has 2 aliphatic heterocycles. The lowest BCUT2D eigenvalue weighted by atomic mass is 9.91. The Hall–Kier alpha value is -3.18. The fraction of sp³-hybridized carbons (Fsp3) is 0.217. The number of carbonyl (C=O) groups excluding carboxylic acids is 1. The highest BCUT2D eigenvalue weighted by Crippen LogP contribution is 2.30. The van der Waals surface area contributed by atoms with Gasteiger partial charge in [0.1, 0.15) is 6.17 Å². The molecule has 5 heteroatoms. The Morgan fingerprint density at radius 1 is 1.07 bits per heavy atom. The van der Waals surface area contributed by atoms with Gasteiger partial charge in [-0.05, 0) is 42.7 Å². The van der Waals surface area contributed by atoms with Crippen molar-refractivity contribution in [1.29, 1.82) is 0 Å². The average molecular weight is 370 g/mol. The molecule has 2 aliphatic rings. The van der Waals surface area contributed by atoms with E-state index in [0.717, 1.165) is 28.6 Å². The van der Waals surface area contributed by atoms with Gasteiger partial charge in [0.25, 0.3) is 5.91 Å². The molecule has 3 aromatic rings. The first-order valence-electron chi connectivity index (χ1n) is 9.66. The van der Waals surface area contributed by atoms with Crippen LogP contribution in [0.1, 0.15) is 18.1 Å². The number of carbonyl (C=O) groups is 1. The Bertz CT molecular complexity index is 1060. The van der Waals surface area contributed by atoms with Crippen molar-refractivity contribution in [3.05, 3.63) is 84.1 Å². The van der Waals surface area contributed by atoms with E-state index in [0.29, 0.717) is 0 Å². The van der Waals surface area contributed by atoms with E-state index in [-0.39, 0.29) is 24.0 Å². The second-order valence-corrected chi connectivity index (χ2v) is 7.54. The molecular weight excluding hydrogens is 348 g/mol. The van der Waals surface area contributed by atoms with Gasteiger partial charge in [-0.1, -0.05) is 42.5 Å². The van der Waals surface area contributed by atoms with Crippen LogP contribution in [-0.2, 0) is 11.2 Å². The molecule has 140 valence electrons. The molecular formula is C23H22N4O. The van der Waals surface area contributed by atoms with E-state index in [9.17, 15) is 4.79 Å². The highest BCUT2D eigenvalue weighted by molar-refractivity contribution is 5.97. The highest BCUT2D eigenvalue weighted by atomic mass is 16.2. The van der Waals surface area contributed by atoms with Gasteiger partial charge in [0.15, 0.2) is 0 Å². The fourth-order valence-corrected chi connectivity index (χ4v) is 4.21. The first-order chi connectivity index (χ1) is 13.7. The Morgan fingerprint density at radius 2 is 1.93 bits per heavy atom. The third kappa shape index (κ3) is 2.94. The summed E-state index contributed by atoms with van der Waals surface area (Å²) in [4.78, 5) is 17.2. The summed E-state index contributed by atoms with van der Waals surface area (Å²) in [5, 5.41) is 6.42. The number of amides is 1. The van der Waals surface area contributed by atoms with Crippen LogP contribution in [0.5, 0.6) is 0 Å². The molecule has 1 amide bonds. The lowest BCUT2D eigenvalue weighted by Crippen LogP contribution is -2.53. The summed E-state index contributed by atoms with van der Waals surface area (Å²) in [6.45, 7) is 2.14. The third-order valence-corrected chi connectivity index (χ3v) is 5.71. The summed E-state index contributed by atoms with van der Waals surface area (Å²) < 4.78 is 0. The van der Waals surface area contributed by atoms with Gasteiger partial charge >= 0.3 is 0 Å². The Balaban J connectivity index is 1.46. The van der Waals surface area contributed by atoms with Crippen molar-refractivity contribution in [2.45, 2.75) is 25.6 Å². The van der Waals surface area contributed by atoms with Crippen LogP contribution in [0.25, 0.3) is 16.6 Å². The van der Waals surface area contributed by atoms with Crippen LogP contribution in [0.15, 0.2) is 72.9 Å². The maximum absolute atomic E-state index is 12.8. The van der Waals surface area contributed by atoms with Gasteiger partial charge in [-0.15, -0.1) is 0 Å². The SMILES string of the molecule is CC1NN2C(=O)C=C(c3ccc4ncccc4c3)NC2C1Cc1ccccc1. The average Bonchev–Trinajstić information content (AvgIpc) is 3.04. The van der Waals surface area contributed by atoms with Crippen molar-refractivity contribution < 1.29 is 4.79 Å². The van der Waals surface area contributed by atoms with E-state index in [1.165, 1.54) is 5.56 Å². The molecule has 5 rings (SSSR count). The van der Waals surface area contributed by atoms with Crippen LogP contribution in [0, 0.1) is 5.92 Å². The fourth-order valence-electron chi connectivity index (χ4n) is 4.21. The van der Waals surface area contributed by atoms with Crippen LogP contribution >= 0.6 is 0 Å². The van der Waals surface area contributed by atoms with Crippen LogP contribution in [0.4, 0.5) is 0 Å². The third-order valence-electron chi connectivity index (χ3n) is 5.71. The van der Waals surface area contributed by atoms with Crippen LogP contribution < -0.4 is 10.7 Å². The molecule has 3 atom stereocenters. The maximum Gasteiger partial charge on any atom is 0.264 e. The molecule has 5 nitrogen and oxygen atoms in total. The van der Waals surface area contributed by atoms with Gasteiger partial charge < -0.3 is 5.32 Å². The normalized spacial score (nSPS) is 24.0. The first kappa shape index (κ1) is 17.0. The van der Waals surface area contributed by atoms with Crippen molar-refractivity contribution in [2.24, 2.45) is 5.92 Å². The lowest BCUT2D eigenvalue weighted by molar-refractivity contribution is -0.131. The topological polar surface area (TPSA) is 57.3 Å². The summed E-state index contributed by atoms with van der Waals surface area (Å²) in [5.41, 5.74) is 7.45. The summed E-state index contributed by atoms with van der Waals surface area (Å²) in [6.07, 6.45) is 4.30. The van der Waals surface area contributed by atoms with Crippen LogP contribution in [-0.4, -0.2) is 28.1 Å². The maximum atomic E-state index is 12.8. The van der Waals surface area contributed by atoms with Crippen LogP contribution in [0.2, 0.25) is 0 Å². The molecule has 2 aromatic carbocycles. The molecule has 0 radical (unpaired) electrons. The lowest BCUT2D eigenvalue weighted by Gasteiger charge is -2.33.